The van der Waals surface area contributed by atoms with Gasteiger partial charge in [-0.1, -0.05) is 18.2 Å². The molecule has 20 heavy (non-hydrogen) atoms. The minimum Gasteiger partial charge on any atom is -0.480 e. The molecule has 0 fully saturated rings. The summed E-state index contributed by atoms with van der Waals surface area (Å²) in [6.45, 7) is 1.82. The van der Waals surface area contributed by atoms with E-state index in [0.717, 1.165) is 11.2 Å². The Morgan fingerprint density at radius 3 is 2.75 bits per heavy atom. The van der Waals surface area contributed by atoms with Crippen LogP contribution in [-0.4, -0.2) is 34.8 Å². The molecule has 0 saturated heterocycles. The smallest absolute Gasteiger partial charge is 0.329 e. The molecular formula is C14H14N2O3S. The third-order valence-corrected chi connectivity index (χ3v) is 3.87. The first-order chi connectivity index (χ1) is 9.63. The Morgan fingerprint density at radius 2 is 2.10 bits per heavy atom. The maximum absolute atomic E-state index is 9.47. The zero-order valence-electron chi connectivity index (χ0n) is 11.2. The molecule has 1 aromatic carbocycles. The van der Waals surface area contributed by atoms with Crippen LogP contribution in [0, 0.1) is 6.92 Å². The van der Waals surface area contributed by atoms with E-state index in [1.54, 1.807) is 17.7 Å². The molecule has 6 heteroatoms. The number of carboxylic acids is 1. The lowest BCUT2D eigenvalue weighted by molar-refractivity contribution is -0.141. The highest BCUT2D eigenvalue weighted by Crippen LogP contribution is 2.32. The van der Waals surface area contributed by atoms with E-state index in [-0.39, 0.29) is 6.61 Å². The van der Waals surface area contributed by atoms with Crippen molar-refractivity contribution >= 4 is 37.6 Å². The van der Waals surface area contributed by atoms with Crippen molar-refractivity contribution in [3.8, 4) is 0 Å². The average molecular weight is 290 g/mol. The summed E-state index contributed by atoms with van der Waals surface area (Å²) < 4.78 is 6.69. The summed E-state index contributed by atoms with van der Waals surface area (Å²) in [5, 5.41) is 9.02. The molecule has 104 valence electrons. The number of benzene rings is 1. The molecule has 3 rings (SSSR count). The van der Waals surface area contributed by atoms with Gasteiger partial charge in [0.15, 0.2) is 0 Å². The fourth-order valence-corrected chi connectivity index (χ4v) is 2.86. The molecule has 2 aromatic heterocycles. The zero-order chi connectivity index (χ0) is 14.5. The number of methoxy groups -OCH3 is 1. The third kappa shape index (κ3) is 3.09. The van der Waals surface area contributed by atoms with Gasteiger partial charge in [0.05, 0.1) is 15.9 Å². The number of aryl methyl sites for hydroxylation is 1. The quantitative estimate of drug-likeness (QED) is 0.785. The lowest BCUT2D eigenvalue weighted by Crippen LogP contribution is -2.02. The van der Waals surface area contributed by atoms with Crippen molar-refractivity contribution in [1.82, 2.24) is 9.97 Å². The van der Waals surface area contributed by atoms with Crippen LogP contribution in [0.1, 0.15) is 5.69 Å². The minimum atomic E-state index is -0.933. The Bertz CT molecular complexity index is 739. The molecule has 0 aliphatic heterocycles. The molecule has 0 spiro atoms. The Labute approximate surface area is 119 Å². The maximum atomic E-state index is 9.47. The molecule has 0 bridgehead atoms. The van der Waals surface area contributed by atoms with Gasteiger partial charge in [-0.15, -0.1) is 11.3 Å². The second-order valence-electron chi connectivity index (χ2n) is 4.06. The summed E-state index contributed by atoms with van der Waals surface area (Å²) in [4.78, 5) is 18.0. The number of rotatable bonds is 2. The van der Waals surface area contributed by atoms with E-state index >= 15 is 0 Å². The largest absolute Gasteiger partial charge is 0.480 e. The maximum Gasteiger partial charge on any atom is 0.329 e. The van der Waals surface area contributed by atoms with Gasteiger partial charge in [-0.2, -0.15) is 0 Å². The number of carbonyl (C=O) groups is 1. The molecule has 2 heterocycles. The van der Waals surface area contributed by atoms with Crippen molar-refractivity contribution in [3.05, 3.63) is 36.3 Å². The lowest BCUT2D eigenvalue weighted by atomic mass is 10.2. The number of fused-ring (bicyclic) bond motifs is 3. The van der Waals surface area contributed by atoms with Crippen LogP contribution >= 0.6 is 11.3 Å². The van der Waals surface area contributed by atoms with Gasteiger partial charge in [0.25, 0.3) is 0 Å². The predicted molar refractivity (Wildman–Crippen MR) is 79.2 cm³/mol. The second kappa shape index (κ2) is 6.40. The van der Waals surface area contributed by atoms with Gasteiger partial charge in [-0.3, -0.25) is 0 Å². The fraction of sp³-hybridized carbons (Fsp3) is 0.214. The topological polar surface area (TPSA) is 72.3 Å². The van der Waals surface area contributed by atoms with Crippen molar-refractivity contribution in [2.24, 2.45) is 0 Å². The predicted octanol–water partition coefficient (Wildman–Crippen LogP) is 2.87. The van der Waals surface area contributed by atoms with Gasteiger partial charge in [0.2, 0.25) is 0 Å². The summed E-state index contributed by atoms with van der Waals surface area (Å²) in [5.74, 6) is -0.933. The molecule has 0 aliphatic rings. The number of hydrogen-bond donors (Lipinski definition) is 1. The molecule has 5 nitrogen and oxygen atoms in total. The summed E-state index contributed by atoms with van der Waals surface area (Å²) >= 11 is 1.76. The van der Waals surface area contributed by atoms with Crippen LogP contribution in [0.15, 0.2) is 30.6 Å². The molecule has 3 aromatic rings. The van der Waals surface area contributed by atoms with Crippen LogP contribution in [0.25, 0.3) is 20.3 Å². The number of nitrogens with zero attached hydrogens (tertiary/aromatic N) is 2. The first-order valence-electron chi connectivity index (χ1n) is 5.93. The van der Waals surface area contributed by atoms with Crippen molar-refractivity contribution in [1.29, 1.82) is 0 Å². The van der Waals surface area contributed by atoms with Crippen LogP contribution < -0.4 is 0 Å². The number of thiophene rings is 1. The molecule has 1 N–H and O–H groups in total. The first kappa shape index (κ1) is 14.4. The second-order valence-corrected chi connectivity index (χ2v) is 5.11. The van der Waals surface area contributed by atoms with E-state index in [9.17, 15) is 4.79 Å². The number of hydrogen-bond acceptors (Lipinski definition) is 5. The summed E-state index contributed by atoms with van der Waals surface area (Å²) in [5.41, 5.74) is 2.15. The summed E-state index contributed by atoms with van der Waals surface area (Å²) in [7, 11) is 1.34. The Kier molecular flexibility index (Phi) is 4.60. The van der Waals surface area contributed by atoms with Gasteiger partial charge in [0, 0.05) is 17.2 Å². The zero-order valence-corrected chi connectivity index (χ0v) is 12.0. The van der Waals surface area contributed by atoms with Gasteiger partial charge >= 0.3 is 5.97 Å². The fourth-order valence-electron chi connectivity index (χ4n) is 1.76. The van der Waals surface area contributed by atoms with Crippen molar-refractivity contribution < 1.29 is 14.6 Å². The SMILES string of the molecule is COCC(=O)O.Cc1ncnc2c1sc1ccccc12. The molecule has 0 amide bonds. The van der Waals surface area contributed by atoms with E-state index < -0.39 is 5.97 Å². The number of aromatic nitrogens is 2. The lowest BCUT2D eigenvalue weighted by Gasteiger charge is -1.91. The molecule has 0 aliphatic carbocycles. The van der Waals surface area contributed by atoms with Gasteiger partial charge in [-0.25, -0.2) is 14.8 Å². The van der Waals surface area contributed by atoms with Crippen molar-refractivity contribution in [3.63, 3.8) is 0 Å². The molecule has 0 radical (unpaired) electrons. The van der Waals surface area contributed by atoms with Gasteiger partial charge in [-0.05, 0) is 13.0 Å². The van der Waals surface area contributed by atoms with Crippen LogP contribution in [-0.2, 0) is 9.53 Å². The number of ether oxygens (including phenoxy) is 1. The Morgan fingerprint density at radius 1 is 1.35 bits per heavy atom. The molecule has 0 atom stereocenters. The highest BCUT2D eigenvalue weighted by atomic mass is 32.1. The van der Waals surface area contributed by atoms with E-state index in [0.29, 0.717) is 0 Å². The number of carboxylic acid groups (broad SMARTS) is 1. The van der Waals surface area contributed by atoms with Gasteiger partial charge < -0.3 is 9.84 Å². The van der Waals surface area contributed by atoms with E-state index in [1.807, 2.05) is 13.0 Å². The molecule has 0 saturated carbocycles. The number of aliphatic carboxylic acids is 1. The summed E-state index contributed by atoms with van der Waals surface area (Å²) in [6, 6.07) is 8.34. The van der Waals surface area contributed by atoms with E-state index in [4.69, 9.17) is 5.11 Å². The van der Waals surface area contributed by atoms with Crippen LogP contribution in [0.4, 0.5) is 0 Å². The highest BCUT2D eigenvalue weighted by molar-refractivity contribution is 7.25. The Balaban J connectivity index is 0.000000212. The van der Waals surface area contributed by atoms with E-state index in [2.05, 4.69) is 32.9 Å². The third-order valence-electron chi connectivity index (χ3n) is 2.60. The minimum absolute atomic E-state index is 0.208. The van der Waals surface area contributed by atoms with Crippen molar-refractivity contribution in [2.45, 2.75) is 6.92 Å². The first-order valence-corrected chi connectivity index (χ1v) is 6.74. The average Bonchev–Trinajstić information content (AvgIpc) is 2.80. The normalized spacial score (nSPS) is 10.3. The molecule has 0 unspecified atom stereocenters. The van der Waals surface area contributed by atoms with Crippen LogP contribution in [0.5, 0.6) is 0 Å². The summed E-state index contributed by atoms with van der Waals surface area (Å²) in [6.07, 6.45) is 1.64. The van der Waals surface area contributed by atoms with Crippen LogP contribution in [0.2, 0.25) is 0 Å². The van der Waals surface area contributed by atoms with Gasteiger partial charge in [0.1, 0.15) is 12.9 Å². The van der Waals surface area contributed by atoms with E-state index in [1.165, 1.54) is 21.9 Å². The van der Waals surface area contributed by atoms with Crippen molar-refractivity contribution in [2.75, 3.05) is 13.7 Å². The Hall–Kier alpha value is -2.05. The standard InChI is InChI=1S/C11H8N2S.C3H6O3/c1-7-11-10(13-6-12-7)8-4-2-3-5-9(8)14-11;1-6-2-3(4)5/h2-6H,1H3;2H2,1H3,(H,4,5). The highest BCUT2D eigenvalue weighted by Gasteiger charge is 2.07. The monoisotopic (exact) mass is 290 g/mol. The molecular weight excluding hydrogens is 276 g/mol. The van der Waals surface area contributed by atoms with Crippen LogP contribution in [0.3, 0.4) is 0 Å².